The van der Waals surface area contributed by atoms with Crippen molar-refractivity contribution in [3.05, 3.63) is 151 Å². The number of benzene rings is 9. The molecule has 0 radical (unpaired) electrons. The van der Waals surface area contributed by atoms with Crippen LogP contribution in [-0.2, 0) is 6.61 Å². The molecule has 10 aromatic rings. The Morgan fingerprint density at radius 1 is 0.378 bits per heavy atom. The van der Waals surface area contributed by atoms with Crippen molar-refractivity contribution in [2.75, 3.05) is 0 Å². The van der Waals surface area contributed by atoms with Crippen LogP contribution >= 0.6 is 0 Å². The van der Waals surface area contributed by atoms with Gasteiger partial charge in [0, 0.05) is 33.0 Å². The van der Waals surface area contributed by atoms with Crippen molar-refractivity contribution in [1.82, 2.24) is 0 Å². The molecule has 0 fully saturated rings. The number of ether oxygens (including phenoxy) is 1. The summed E-state index contributed by atoms with van der Waals surface area (Å²) in [7, 11) is 0. The van der Waals surface area contributed by atoms with Gasteiger partial charge in [-0.3, -0.25) is 0 Å². The van der Waals surface area contributed by atoms with Gasteiger partial charge in [-0.2, -0.15) is 0 Å². The highest BCUT2D eigenvalue weighted by molar-refractivity contribution is 6.39. The lowest BCUT2D eigenvalue weighted by molar-refractivity contribution is 0.310. The van der Waals surface area contributed by atoms with Gasteiger partial charge in [0.05, 0.1) is 0 Å². The molecule has 2 nitrogen and oxygen atoms in total. The molecule has 0 bridgehead atoms. The second-order valence-electron chi connectivity index (χ2n) is 12.0. The molecule has 0 aliphatic heterocycles. The maximum Gasteiger partial charge on any atom is 0.139 e. The lowest BCUT2D eigenvalue weighted by Crippen LogP contribution is -1.96. The van der Waals surface area contributed by atoms with Gasteiger partial charge >= 0.3 is 0 Å². The minimum absolute atomic E-state index is 0.481. The second kappa shape index (κ2) is 9.32. The van der Waals surface area contributed by atoms with Gasteiger partial charge in [0.15, 0.2) is 0 Å². The lowest BCUT2D eigenvalue weighted by Gasteiger charge is -2.14. The number of hydrogen-bond donors (Lipinski definition) is 0. The molecule has 210 valence electrons. The zero-order valence-electron chi connectivity index (χ0n) is 24.4. The minimum Gasteiger partial charge on any atom is -0.488 e. The molecule has 9 aromatic carbocycles. The maximum absolute atomic E-state index is 6.80. The van der Waals surface area contributed by atoms with Crippen LogP contribution in [0.2, 0.25) is 0 Å². The maximum atomic E-state index is 6.80. The van der Waals surface area contributed by atoms with Crippen molar-refractivity contribution in [1.29, 1.82) is 0 Å². The van der Waals surface area contributed by atoms with E-state index < -0.39 is 0 Å². The molecular formula is C43H26O2. The fourth-order valence-electron chi connectivity index (χ4n) is 7.48. The summed E-state index contributed by atoms with van der Waals surface area (Å²) in [6.07, 6.45) is 0. The number of hydrogen-bond acceptors (Lipinski definition) is 2. The van der Waals surface area contributed by atoms with Gasteiger partial charge in [-0.25, -0.2) is 0 Å². The second-order valence-corrected chi connectivity index (χ2v) is 12.0. The first kappa shape index (κ1) is 24.6. The van der Waals surface area contributed by atoms with Gasteiger partial charge in [0.2, 0.25) is 0 Å². The number of fused-ring (bicyclic) bond motifs is 15. The molecule has 0 aliphatic carbocycles. The molecule has 10 rings (SSSR count). The molecule has 1 aromatic heterocycles. The molecule has 0 saturated carbocycles. The Kier molecular flexibility index (Phi) is 5.09. The molecule has 0 saturated heterocycles. The van der Waals surface area contributed by atoms with Gasteiger partial charge < -0.3 is 9.15 Å². The van der Waals surface area contributed by atoms with E-state index in [9.17, 15) is 0 Å². The quantitative estimate of drug-likeness (QED) is 0.196. The van der Waals surface area contributed by atoms with Gasteiger partial charge in [-0.15, -0.1) is 0 Å². The summed E-state index contributed by atoms with van der Waals surface area (Å²) >= 11 is 0. The van der Waals surface area contributed by atoms with E-state index in [2.05, 4.69) is 140 Å². The zero-order valence-corrected chi connectivity index (χ0v) is 24.4. The molecule has 0 spiro atoms. The van der Waals surface area contributed by atoms with Crippen molar-refractivity contribution in [2.45, 2.75) is 6.61 Å². The van der Waals surface area contributed by atoms with Gasteiger partial charge in [-0.1, -0.05) is 127 Å². The van der Waals surface area contributed by atoms with E-state index >= 15 is 0 Å². The van der Waals surface area contributed by atoms with Gasteiger partial charge in [-0.05, 0) is 66.2 Å². The summed E-state index contributed by atoms with van der Waals surface area (Å²) < 4.78 is 13.4. The molecule has 0 aliphatic rings. The van der Waals surface area contributed by atoms with Crippen molar-refractivity contribution in [3.63, 3.8) is 0 Å². The van der Waals surface area contributed by atoms with E-state index in [0.717, 1.165) is 38.6 Å². The van der Waals surface area contributed by atoms with E-state index in [0.29, 0.717) is 6.61 Å². The average Bonchev–Trinajstić information content (AvgIpc) is 3.49. The van der Waals surface area contributed by atoms with E-state index in [1.807, 2.05) is 6.07 Å². The first-order valence-corrected chi connectivity index (χ1v) is 15.5. The summed E-state index contributed by atoms with van der Waals surface area (Å²) in [5.41, 5.74) is 2.85. The summed E-state index contributed by atoms with van der Waals surface area (Å²) in [5.74, 6) is 0.829. The number of furan rings is 1. The molecule has 2 heteroatoms. The highest BCUT2D eigenvalue weighted by atomic mass is 16.5. The van der Waals surface area contributed by atoms with Crippen LogP contribution in [-0.4, -0.2) is 0 Å². The Labute approximate surface area is 258 Å². The van der Waals surface area contributed by atoms with Crippen LogP contribution in [0, 0.1) is 0 Å². The molecule has 0 unspecified atom stereocenters. The van der Waals surface area contributed by atoms with Crippen LogP contribution < -0.4 is 4.74 Å². The third-order valence-electron chi connectivity index (χ3n) is 9.49. The van der Waals surface area contributed by atoms with Gasteiger partial charge in [0.25, 0.3) is 0 Å². The molecule has 45 heavy (non-hydrogen) atoms. The highest BCUT2D eigenvalue weighted by Gasteiger charge is 2.21. The van der Waals surface area contributed by atoms with E-state index in [4.69, 9.17) is 9.15 Å². The predicted molar refractivity (Wildman–Crippen MR) is 190 cm³/mol. The highest BCUT2D eigenvalue weighted by Crippen LogP contribution is 2.48. The first-order valence-electron chi connectivity index (χ1n) is 15.5. The summed E-state index contributed by atoms with van der Waals surface area (Å²) in [5, 5.41) is 16.9. The van der Waals surface area contributed by atoms with Crippen LogP contribution in [0.25, 0.3) is 86.6 Å². The van der Waals surface area contributed by atoms with E-state index in [1.165, 1.54) is 59.2 Å². The van der Waals surface area contributed by atoms with Crippen LogP contribution in [0.3, 0.4) is 0 Å². The fraction of sp³-hybridized carbons (Fsp3) is 0.0233. The zero-order chi connectivity index (χ0) is 29.5. The Morgan fingerprint density at radius 3 is 1.62 bits per heavy atom. The summed E-state index contributed by atoms with van der Waals surface area (Å²) in [4.78, 5) is 0. The third-order valence-corrected chi connectivity index (χ3v) is 9.49. The SMILES string of the molecule is c1ccc(COc2cc3oc4ccc5ccc6ccc7ccccc7c6c5c4c3c3c2ccc2ccc4ccccc4c23)cc1. The van der Waals surface area contributed by atoms with Crippen molar-refractivity contribution >= 4 is 86.6 Å². The van der Waals surface area contributed by atoms with Crippen LogP contribution in [0.5, 0.6) is 5.75 Å². The Hall–Kier alpha value is -5.86. The average molecular weight is 575 g/mol. The minimum atomic E-state index is 0.481. The van der Waals surface area contributed by atoms with Crippen LogP contribution in [0.4, 0.5) is 0 Å². The lowest BCUT2D eigenvalue weighted by atomic mass is 9.90. The van der Waals surface area contributed by atoms with E-state index in [-0.39, 0.29) is 0 Å². The Balaban J connectivity index is 1.44. The smallest absolute Gasteiger partial charge is 0.139 e. The van der Waals surface area contributed by atoms with Gasteiger partial charge in [0.1, 0.15) is 23.5 Å². The largest absolute Gasteiger partial charge is 0.488 e. The molecular weight excluding hydrogens is 548 g/mol. The monoisotopic (exact) mass is 574 g/mol. The van der Waals surface area contributed by atoms with Crippen LogP contribution in [0.1, 0.15) is 5.56 Å². The topological polar surface area (TPSA) is 22.4 Å². The number of rotatable bonds is 3. The Morgan fingerprint density at radius 2 is 0.911 bits per heavy atom. The first-order chi connectivity index (χ1) is 22.3. The standard InChI is InChI=1S/C43H26O2/c1-2-8-26(9-3-1)25-44-36-24-37-43(41-34(36)22-20-30-17-15-28-11-5-7-13-33(28)39(30)41)42-35(45-37)23-21-31-19-18-29-16-14-27-10-4-6-12-32(27)38(29)40(31)42/h1-24H,25H2. The predicted octanol–water partition coefficient (Wildman–Crippen LogP) is 12.1. The Bertz CT molecular complexity index is 2800. The summed E-state index contributed by atoms with van der Waals surface area (Å²) in [6, 6.07) is 52.0. The van der Waals surface area contributed by atoms with Crippen molar-refractivity contribution in [2.24, 2.45) is 0 Å². The molecule has 1 heterocycles. The van der Waals surface area contributed by atoms with Crippen molar-refractivity contribution < 1.29 is 9.15 Å². The van der Waals surface area contributed by atoms with Crippen LogP contribution in [0.15, 0.2) is 150 Å². The third kappa shape index (κ3) is 3.57. The molecule has 0 atom stereocenters. The summed E-state index contributed by atoms with van der Waals surface area (Å²) in [6.45, 7) is 0.481. The molecule has 0 N–H and O–H groups in total. The fourth-order valence-corrected chi connectivity index (χ4v) is 7.48. The van der Waals surface area contributed by atoms with Crippen molar-refractivity contribution in [3.8, 4) is 5.75 Å². The normalized spacial score (nSPS) is 12.1. The molecule has 0 amide bonds. The van der Waals surface area contributed by atoms with E-state index in [1.54, 1.807) is 0 Å².